The van der Waals surface area contributed by atoms with E-state index >= 15 is 0 Å². The van der Waals surface area contributed by atoms with Crippen LogP contribution in [0.2, 0.25) is 0 Å². The molecule has 0 bridgehead atoms. The van der Waals surface area contributed by atoms with Crippen molar-refractivity contribution in [2.75, 3.05) is 44.7 Å². The smallest absolute Gasteiger partial charge is 0.241 e. The summed E-state index contributed by atoms with van der Waals surface area (Å²) in [6, 6.07) is 2.05. The summed E-state index contributed by atoms with van der Waals surface area (Å²) in [6.45, 7) is 6.45. The highest BCUT2D eigenvalue weighted by atomic mass is 32.1. The maximum atomic E-state index is 12.1. The van der Waals surface area contributed by atoms with Gasteiger partial charge in [-0.05, 0) is 23.9 Å². The Kier molecular flexibility index (Phi) is 4.15. The van der Waals surface area contributed by atoms with Gasteiger partial charge in [-0.25, -0.2) is 0 Å². The Labute approximate surface area is 106 Å². The molecule has 1 N–H and O–H groups in total. The lowest BCUT2D eigenvalue weighted by molar-refractivity contribution is -0.119. The second-order valence-electron chi connectivity index (χ2n) is 4.39. The molecule has 4 nitrogen and oxygen atoms in total. The van der Waals surface area contributed by atoms with E-state index in [0.717, 1.165) is 31.2 Å². The molecule has 1 aromatic rings. The van der Waals surface area contributed by atoms with E-state index in [4.69, 9.17) is 0 Å². The number of thiophene rings is 1. The minimum absolute atomic E-state index is 0.178. The molecule has 17 heavy (non-hydrogen) atoms. The van der Waals surface area contributed by atoms with Gasteiger partial charge in [0.15, 0.2) is 0 Å². The highest BCUT2D eigenvalue weighted by molar-refractivity contribution is 7.14. The Morgan fingerprint density at radius 3 is 2.82 bits per heavy atom. The van der Waals surface area contributed by atoms with Gasteiger partial charge in [0.05, 0.1) is 6.54 Å². The van der Waals surface area contributed by atoms with Crippen LogP contribution in [0.15, 0.2) is 11.4 Å². The lowest BCUT2D eigenvalue weighted by Gasteiger charge is -2.28. The number of nitrogens with one attached hydrogen (secondary N) is 1. The first-order valence-electron chi connectivity index (χ1n) is 5.92. The molecule has 1 aromatic heterocycles. The predicted molar refractivity (Wildman–Crippen MR) is 71.8 cm³/mol. The van der Waals surface area contributed by atoms with Crippen LogP contribution in [0.5, 0.6) is 0 Å². The van der Waals surface area contributed by atoms with E-state index < -0.39 is 0 Å². The Morgan fingerprint density at radius 2 is 2.24 bits per heavy atom. The van der Waals surface area contributed by atoms with E-state index in [1.54, 1.807) is 16.2 Å². The molecule has 94 valence electrons. The van der Waals surface area contributed by atoms with Gasteiger partial charge in [-0.3, -0.25) is 9.69 Å². The normalized spacial score (nSPS) is 17.1. The number of carbonyl (C=O) groups is 1. The van der Waals surface area contributed by atoms with E-state index in [2.05, 4.69) is 16.3 Å². The fourth-order valence-corrected chi connectivity index (χ4v) is 2.90. The molecular weight excluding hydrogens is 234 g/mol. The molecule has 0 aliphatic carbocycles. The monoisotopic (exact) mass is 253 g/mol. The summed E-state index contributed by atoms with van der Waals surface area (Å²) in [5.41, 5.74) is 1.17. The highest BCUT2D eigenvalue weighted by Gasteiger charge is 2.18. The summed E-state index contributed by atoms with van der Waals surface area (Å²) in [7, 11) is 1.86. The third-order valence-corrected chi connectivity index (χ3v) is 4.17. The maximum absolute atomic E-state index is 12.1. The SMILES string of the molecule is Cc1ccsc1N(C)C(=O)CN1CCNCC1. The summed E-state index contributed by atoms with van der Waals surface area (Å²) >= 11 is 1.62. The second kappa shape index (κ2) is 5.62. The van der Waals surface area contributed by atoms with Crippen LogP contribution in [0.1, 0.15) is 5.56 Å². The topological polar surface area (TPSA) is 35.6 Å². The van der Waals surface area contributed by atoms with Crippen LogP contribution >= 0.6 is 11.3 Å². The van der Waals surface area contributed by atoms with Crippen LogP contribution in [0.25, 0.3) is 0 Å². The largest absolute Gasteiger partial charge is 0.314 e. The third-order valence-electron chi connectivity index (χ3n) is 3.08. The van der Waals surface area contributed by atoms with Crippen LogP contribution in [0.3, 0.4) is 0 Å². The minimum Gasteiger partial charge on any atom is -0.314 e. The number of piperazine rings is 1. The van der Waals surface area contributed by atoms with Crippen molar-refractivity contribution in [1.29, 1.82) is 0 Å². The van der Waals surface area contributed by atoms with Crippen molar-refractivity contribution in [1.82, 2.24) is 10.2 Å². The van der Waals surface area contributed by atoms with E-state index in [-0.39, 0.29) is 5.91 Å². The molecule has 1 amide bonds. The number of nitrogens with zero attached hydrogens (tertiary/aromatic N) is 2. The summed E-state index contributed by atoms with van der Waals surface area (Å²) < 4.78 is 0. The van der Waals surface area contributed by atoms with Gasteiger partial charge in [-0.1, -0.05) is 0 Å². The van der Waals surface area contributed by atoms with Crippen molar-refractivity contribution in [3.05, 3.63) is 17.0 Å². The van der Waals surface area contributed by atoms with Crippen LogP contribution in [-0.2, 0) is 4.79 Å². The first kappa shape index (κ1) is 12.5. The molecule has 2 heterocycles. The fraction of sp³-hybridized carbons (Fsp3) is 0.583. The Balaban J connectivity index is 1.93. The lowest BCUT2D eigenvalue weighted by atomic mass is 10.3. The number of hydrogen-bond acceptors (Lipinski definition) is 4. The molecule has 0 atom stereocenters. The van der Waals surface area contributed by atoms with E-state index in [1.807, 2.05) is 19.4 Å². The van der Waals surface area contributed by atoms with Crippen molar-refractivity contribution in [3.63, 3.8) is 0 Å². The molecule has 0 saturated carbocycles. The number of hydrogen-bond donors (Lipinski definition) is 1. The van der Waals surface area contributed by atoms with Crippen molar-refractivity contribution < 1.29 is 4.79 Å². The average molecular weight is 253 g/mol. The molecular formula is C12H19N3OS. The molecule has 1 aliphatic heterocycles. The summed E-state index contributed by atoms with van der Waals surface area (Å²) in [4.78, 5) is 16.1. The van der Waals surface area contributed by atoms with Crippen molar-refractivity contribution >= 4 is 22.2 Å². The average Bonchev–Trinajstić information content (AvgIpc) is 2.76. The summed E-state index contributed by atoms with van der Waals surface area (Å²) in [6.07, 6.45) is 0. The van der Waals surface area contributed by atoms with Crippen LogP contribution < -0.4 is 10.2 Å². The summed E-state index contributed by atoms with van der Waals surface area (Å²) in [5.74, 6) is 0.178. The molecule has 1 aliphatic rings. The van der Waals surface area contributed by atoms with Gasteiger partial charge >= 0.3 is 0 Å². The maximum Gasteiger partial charge on any atom is 0.241 e. The van der Waals surface area contributed by atoms with Gasteiger partial charge in [0.25, 0.3) is 0 Å². The quantitative estimate of drug-likeness (QED) is 0.870. The van der Waals surface area contributed by atoms with E-state index in [0.29, 0.717) is 6.54 Å². The van der Waals surface area contributed by atoms with Crippen LogP contribution in [0, 0.1) is 6.92 Å². The van der Waals surface area contributed by atoms with Gasteiger partial charge in [0.2, 0.25) is 5.91 Å². The molecule has 2 rings (SSSR count). The van der Waals surface area contributed by atoms with Crippen LogP contribution in [-0.4, -0.2) is 50.6 Å². The standard InChI is InChI=1S/C12H19N3OS/c1-10-3-8-17-12(10)14(2)11(16)9-15-6-4-13-5-7-15/h3,8,13H,4-7,9H2,1-2H3. The van der Waals surface area contributed by atoms with Gasteiger partial charge < -0.3 is 10.2 Å². The number of amides is 1. The first-order valence-corrected chi connectivity index (χ1v) is 6.80. The number of anilines is 1. The van der Waals surface area contributed by atoms with Gasteiger partial charge in [0, 0.05) is 33.2 Å². The number of likely N-dealkylation sites (N-methyl/N-ethyl adjacent to an activating group) is 1. The number of rotatable bonds is 3. The minimum atomic E-state index is 0.178. The van der Waals surface area contributed by atoms with E-state index in [1.165, 1.54) is 5.56 Å². The zero-order valence-corrected chi connectivity index (χ0v) is 11.2. The van der Waals surface area contributed by atoms with Crippen molar-refractivity contribution in [2.24, 2.45) is 0 Å². The molecule has 1 saturated heterocycles. The van der Waals surface area contributed by atoms with Gasteiger partial charge in [-0.2, -0.15) is 0 Å². The van der Waals surface area contributed by atoms with Gasteiger partial charge in [-0.15, -0.1) is 11.3 Å². The first-order chi connectivity index (χ1) is 8.18. The molecule has 0 radical (unpaired) electrons. The highest BCUT2D eigenvalue weighted by Crippen LogP contribution is 2.25. The molecule has 0 aromatic carbocycles. The molecule has 0 spiro atoms. The zero-order chi connectivity index (χ0) is 12.3. The molecule has 5 heteroatoms. The van der Waals surface area contributed by atoms with Crippen molar-refractivity contribution in [2.45, 2.75) is 6.92 Å². The third kappa shape index (κ3) is 3.06. The Bertz CT molecular complexity index is 385. The summed E-state index contributed by atoms with van der Waals surface area (Å²) in [5, 5.41) is 6.38. The number of carbonyl (C=O) groups excluding carboxylic acids is 1. The van der Waals surface area contributed by atoms with Crippen molar-refractivity contribution in [3.8, 4) is 0 Å². The van der Waals surface area contributed by atoms with E-state index in [9.17, 15) is 4.79 Å². The molecule has 1 fully saturated rings. The molecule has 0 unspecified atom stereocenters. The second-order valence-corrected chi connectivity index (χ2v) is 5.28. The Hall–Kier alpha value is -0.910. The van der Waals surface area contributed by atoms with Crippen LogP contribution in [0.4, 0.5) is 5.00 Å². The lowest BCUT2D eigenvalue weighted by Crippen LogP contribution is -2.47. The number of aryl methyl sites for hydroxylation is 1. The Morgan fingerprint density at radius 1 is 1.53 bits per heavy atom. The zero-order valence-electron chi connectivity index (χ0n) is 10.4. The fourth-order valence-electron chi connectivity index (χ4n) is 1.99. The van der Waals surface area contributed by atoms with Gasteiger partial charge in [0.1, 0.15) is 5.00 Å². The predicted octanol–water partition coefficient (Wildman–Crippen LogP) is 0.925.